The van der Waals surface area contributed by atoms with Crippen molar-refractivity contribution in [3.8, 4) is 27.7 Å². The number of likely N-dealkylation sites (tertiary alicyclic amines) is 1. The van der Waals surface area contributed by atoms with E-state index in [4.69, 9.17) is 19.3 Å². The second-order valence-corrected chi connectivity index (χ2v) is 12.6. The number of carbonyl (C=O) groups is 1. The number of thiophene rings is 1. The van der Waals surface area contributed by atoms with E-state index in [1.165, 1.54) is 44.5 Å². The van der Waals surface area contributed by atoms with Crippen LogP contribution in [0.5, 0.6) is 17.2 Å². The fraction of sp³-hybridized carbons (Fsp3) is 0.289. The average Bonchev–Trinajstić information content (AvgIpc) is 3.71. The summed E-state index contributed by atoms with van der Waals surface area (Å²) in [6, 6.07) is 31.4. The molecule has 0 atom stereocenters. The first-order chi connectivity index (χ1) is 22.1. The third-order valence-corrected chi connectivity index (χ3v) is 9.50. The minimum Gasteiger partial charge on any atom is -0.496 e. The maximum atomic E-state index is 10.8. The van der Waals surface area contributed by atoms with Gasteiger partial charge in [-0.05, 0) is 115 Å². The minimum atomic E-state index is -0.807. The Morgan fingerprint density at radius 3 is 2.40 bits per heavy atom. The number of carboxylic acid groups (broad SMARTS) is 1. The molecule has 45 heavy (non-hydrogen) atoms. The maximum Gasteiger partial charge on any atom is 0.303 e. The van der Waals surface area contributed by atoms with E-state index in [-0.39, 0.29) is 6.42 Å². The van der Waals surface area contributed by atoms with E-state index in [1.807, 2.05) is 30.3 Å². The molecular formula is C38H39NO5S. The van der Waals surface area contributed by atoms with Crippen molar-refractivity contribution >= 4 is 27.4 Å². The normalized spacial score (nSPS) is 13.3. The van der Waals surface area contributed by atoms with E-state index in [0.717, 1.165) is 54.4 Å². The molecule has 1 aliphatic rings. The minimum absolute atomic E-state index is 0.101. The summed E-state index contributed by atoms with van der Waals surface area (Å²) < 4.78 is 19.0. The van der Waals surface area contributed by atoms with Gasteiger partial charge in [-0.2, -0.15) is 0 Å². The molecule has 232 valence electrons. The van der Waals surface area contributed by atoms with Crippen LogP contribution in [0, 0.1) is 0 Å². The molecule has 5 aromatic rings. The van der Waals surface area contributed by atoms with Crippen molar-refractivity contribution < 1.29 is 24.1 Å². The number of ether oxygens (including phenoxy) is 3. The molecule has 1 fully saturated rings. The van der Waals surface area contributed by atoms with Crippen molar-refractivity contribution in [3.05, 3.63) is 113 Å². The van der Waals surface area contributed by atoms with E-state index >= 15 is 0 Å². The van der Waals surface area contributed by atoms with E-state index in [9.17, 15) is 4.79 Å². The molecule has 6 nitrogen and oxygen atoms in total. The predicted molar refractivity (Wildman–Crippen MR) is 181 cm³/mol. The van der Waals surface area contributed by atoms with E-state index < -0.39 is 5.97 Å². The van der Waals surface area contributed by atoms with Crippen LogP contribution in [-0.2, 0) is 24.4 Å². The molecule has 0 unspecified atom stereocenters. The zero-order valence-electron chi connectivity index (χ0n) is 25.7. The lowest BCUT2D eigenvalue weighted by Crippen LogP contribution is -2.18. The largest absolute Gasteiger partial charge is 0.496 e. The summed E-state index contributed by atoms with van der Waals surface area (Å²) in [4.78, 5) is 14.5. The third kappa shape index (κ3) is 7.85. The second kappa shape index (κ2) is 14.6. The van der Waals surface area contributed by atoms with Gasteiger partial charge in [0.15, 0.2) is 0 Å². The van der Waals surface area contributed by atoms with Crippen LogP contribution in [0.15, 0.2) is 91.0 Å². The van der Waals surface area contributed by atoms with Crippen LogP contribution < -0.4 is 14.2 Å². The number of hydrogen-bond donors (Lipinski definition) is 1. The Hall–Kier alpha value is -4.33. The number of methoxy groups -OCH3 is 1. The lowest BCUT2D eigenvalue weighted by atomic mass is 9.97. The molecule has 7 heteroatoms. The fourth-order valence-corrected chi connectivity index (χ4v) is 7.16. The highest BCUT2D eigenvalue weighted by molar-refractivity contribution is 7.22. The summed E-state index contributed by atoms with van der Waals surface area (Å²) >= 11 is 1.77. The highest BCUT2D eigenvalue weighted by Gasteiger charge is 2.18. The fourth-order valence-electron chi connectivity index (χ4n) is 5.90. The predicted octanol–water partition coefficient (Wildman–Crippen LogP) is 8.59. The Kier molecular flexibility index (Phi) is 9.98. The monoisotopic (exact) mass is 621 g/mol. The quantitative estimate of drug-likeness (QED) is 0.125. The number of rotatable bonds is 14. The number of aliphatic carboxylic acids is 1. The van der Waals surface area contributed by atoms with Crippen LogP contribution in [0.4, 0.5) is 0 Å². The topological polar surface area (TPSA) is 68.2 Å². The van der Waals surface area contributed by atoms with Crippen LogP contribution >= 0.6 is 11.3 Å². The van der Waals surface area contributed by atoms with Crippen LogP contribution in [0.1, 0.15) is 47.9 Å². The molecule has 2 heterocycles. The Morgan fingerprint density at radius 1 is 0.867 bits per heavy atom. The summed E-state index contributed by atoms with van der Waals surface area (Å²) in [7, 11) is 1.76. The van der Waals surface area contributed by atoms with Gasteiger partial charge in [-0.25, -0.2) is 0 Å². The van der Waals surface area contributed by atoms with Gasteiger partial charge in [-0.15, -0.1) is 11.3 Å². The molecular weight excluding hydrogens is 582 g/mol. The van der Waals surface area contributed by atoms with Gasteiger partial charge in [0, 0.05) is 28.1 Å². The molecule has 1 aromatic heterocycles. The standard InChI is InChI=1S/C38H39NO5S/c1-42-35-23-28(11-12-30(35)25-39-19-5-6-20-39)22-34-33-18-17-32(44-26-27-8-3-2-4-9-27)24-36(33)45-38(34)29-13-15-31(16-14-29)43-21-7-10-37(40)41/h2-4,8-9,11-18,23-24H,5-7,10,19-22,25-26H2,1H3,(H,40,41). The molecule has 0 radical (unpaired) electrons. The van der Waals surface area contributed by atoms with Gasteiger partial charge in [0.25, 0.3) is 0 Å². The summed E-state index contributed by atoms with van der Waals surface area (Å²) in [6.45, 7) is 4.12. The van der Waals surface area contributed by atoms with Crippen molar-refractivity contribution in [1.82, 2.24) is 4.90 Å². The zero-order chi connectivity index (χ0) is 31.0. The van der Waals surface area contributed by atoms with E-state index in [1.54, 1.807) is 18.4 Å². The Bertz CT molecular complexity index is 1730. The third-order valence-electron chi connectivity index (χ3n) is 8.26. The molecule has 6 rings (SSSR count). The van der Waals surface area contributed by atoms with Gasteiger partial charge in [-0.1, -0.05) is 42.5 Å². The molecule has 4 aromatic carbocycles. The van der Waals surface area contributed by atoms with Gasteiger partial charge in [-0.3, -0.25) is 9.69 Å². The van der Waals surface area contributed by atoms with E-state index in [2.05, 4.69) is 65.6 Å². The van der Waals surface area contributed by atoms with Gasteiger partial charge >= 0.3 is 5.97 Å². The molecule has 0 spiro atoms. The van der Waals surface area contributed by atoms with Crippen LogP contribution in [-0.4, -0.2) is 42.8 Å². The lowest BCUT2D eigenvalue weighted by Gasteiger charge is -2.18. The summed E-state index contributed by atoms with van der Waals surface area (Å²) in [5, 5.41) is 10.1. The Morgan fingerprint density at radius 2 is 1.64 bits per heavy atom. The smallest absolute Gasteiger partial charge is 0.303 e. The summed E-state index contributed by atoms with van der Waals surface area (Å²) in [5.41, 5.74) is 5.97. The first kappa shape index (κ1) is 30.7. The van der Waals surface area contributed by atoms with Crippen LogP contribution in [0.25, 0.3) is 20.5 Å². The van der Waals surface area contributed by atoms with Crippen molar-refractivity contribution in [2.24, 2.45) is 0 Å². The Labute approximate surface area is 268 Å². The van der Waals surface area contributed by atoms with Gasteiger partial charge in [0.1, 0.15) is 23.9 Å². The molecule has 0 amide bonds. The van der Waals surface area contributed by atoms with Crippen molar-refractivity contribution in [3.63, 3.8) is 0 Å². The number of hydrogen-bond acceptors (Lipinski definition) is 6. The highest BCUT2D eigenvalue weighted by atomic mass is 32.1. The molecule has 1 saturated heterocycles. The van der Waals surface area contributed by atoms with E-state index in [0.29, 0.717) is 19.6 Å². The number of fused-ring (bicyclic) bond motifs is 1. The highest BCUT2D eigenvalue weighted by Crippen LogP contribution is 2.42. The molecule has 1 N–H and O–H groups in total. The number of carboxylic acids is 1. The van der Waals surface area contributed by atoms with Crippen molar-refractivity contribution in [1.29, 1.82) is 0 Å². The number of benzene rings is 4. The second-order valence-electron chi connectivity index (χ2n) is 11.5. The van der Waals surface area contributed by atoms with Crippen molar-refractivity contribution in [2.45, 2.75) is 45.3 Å². The zero-order valence-corrected chi connectivity index (χ0v) is 26.5. The first-order valence-electron chi connectivity index (χ1n) is 15.6. The molecule has 0 bridgehead atoms. The van der Waals surface area contributed by atoms with Gasteiger partial charge < -0.3 is 19.3 Å². The van der Waals surface area contributed by atoms with Crippen LogP contribution in [0.3, 0.4) is 0 Å². The molecule has 0 saturated carbocycles. The molecule has 0 aliphatic carbocycles. The first-order valence-corrected chi connectivity index (χ1v) is 16.4. The lowest BCUT2D eigenvalue weighted by molar-refractivity contribution is -0.137. The van der Waals surface area contributed by atoms with Crippen molar-refractivity contribution in [2.75, 3.05) is 26.8 Å². The maximum absolute atomic E-state index is 10.8. The summed E-state index contributed by atoms with van der Waals surface area (Å²) in [6.07, 6.45) is 3.89. The number of nitrogens with zero attached hydrogens (tertiary/aromatic N) is 1. The molecule has 1 aliphatic heterocycles. The average molecular weight is 622 g/mol. The van der Waals surface area contributed by atoms with Crippen LogP contribution in [0.2, 0.25) is 0 Å². The van der Waals surface area contributed by atoms with Gasteiger partial charge in [0.2, 0.25) is 0 Å². The summed E-state index contributed by atoms with van der Waals surface area (Å²) in [5.74, 6) is 1.73. The SMILES string of the molecule is COc1cc(Cc2c(-c3ccc(OCCCC(=O)O)cc3)sc3cc(OCc4ccccc4)ccc23)ccc1CN1CCCC1. The Balaban J connectivity index is 1.28. The van der Waals surface area contributed by atoms with Gasteiger partial charge in [0.05, 0.1) is 13.7 Å².